The van der Waals surface area contributed by atoms with E-state index in [1.54, 1.807) is 32.2 Å². The first-order valence-electron chi connectivity index (χ1n) is 10.3. The fraction of sp³-hybridized carbons (Fsp3) is 0.571. The van der Waals surface area contributed by atoms with Crippen molar-refractivity contribution in [2.24, 2.45) is 0 Å². The number of aromatic nitrogens is 3. The fourth-order valence-corrected chi connectivity index (χ4v) is 4.03. The second-order valence-corrected chi connectivity index (χ2v) is 8.28. The number of ether oxygens (including phenoxy) is 1. The molecule has 3 rings (SSSR count). The van der Waals surface area contributed by atoms with Crippen LogP contribution in [0, 0.1) is 6.92 Å². The molecule has 1 saturated carbocycles. The maximum absolute atomic E-state index is 12.8. The van der Waals surface area contributed by atoms with Crippen LogP contribution in [0.5, 0.6) is 0 Å². The monoisotopic (exact) mass is 436 g/mol. The van der Waals surface area contributed by atoms with Gasteiger partial charge in [0.15, 0.2) is 0 Å². The number of aliphatic hydroxyl groups is 1. The van der Waals surface area contributed by atoms with E-state index in [1.807, 2.05) is 0 Å². The van der Waals surface area contributed by atoms with Crippen LogP contribution in [0.15, 0.2) is 23.0 Å². The summed E-state index contributed by atoms with van der Waals surface area (Å²) in [6.45, 7) is 2.70. The van der Waals surface area contributed by atoms with Gasteiger partial charge in [-0.1, -0.05) is 37.3 Å². The van der Waals surface area contributed by atoms with Crippen LogP contribution in [0.4, 0.5) is 0 Å². The number of hydrogen-bond acceptors (Lipinski definition) is 5. The molecule has 0 aliphatic heterocycles. The quantitative estimate of drug-likeness (QED) is 0.649. The van der Waals surface area contributed by atoms with E-state index in [0.717, 1.165) is 25.7 Å². The van der Waals surface area contributed by atoms with Gasteiger partial charge in [0, 0.05) is 13.7 Å². The Hall–Kier alpha value is -2.16. The Morgan fingerprint density at radius 1 is 1.30 bits per heavy atom. The van der Waals surface area contributed by atoms with Gasteiger partial charge in [0.1, 0.15) is 5.82 Å². The van der Waals surface area contributed by atoms with Crippen molar-refractivity contribution in [3.8, 4) is 5.69 Å². The van der Waals surface area contributed by atoms with Crippen LogP contribution < -0.4 is 11.0 Å². The lowest BCUT2D eigenvalue weighted by Crippen LogP contribution is -2.42. The fourth-order valence-electron chi connectivity index (χ4n) is 3.82. The van der Waals surface area contributed by atoms with Crippen LogP contribution in [-0.4, -0.2) is 51.2 Å². The van der Waals surface area contributed by atoms with Gasteiger partial charge in [-0.05, 0) is 38.0 Å². The Morgan fingerprint density at radius 2 is 2.00 bits per heavy atom. The number of benzene rings is 1. The lowest BCUT2D eigenvalue weighted by molar-refractivity contribution is 0.0246. The van der Waals surface area contributed by atoms with Gasteiger partial charge in [-0.25, -0.2) is 4.79 Å². The summed E-state index contributed by atoms with van der Waals surface area (Å²) in [7, 11) is 1.57. The zero-order chi connectivity index (χ0) is 21.7. The molecule has 1 amide bonds. The smallest absolute Gasteiger partial charge is 0.350 e. The zero-order valence-electron chi connectivity index (χ0n) is 17.5. The van der Waals surface area contributed by atoms with Gasteiger partial charge in [-0.3, -0.25) is 9.36 Å². The van der Waals surface area contributed by atoms with Crippen LogP contribution in [0.2, 0.25) is 5.02 Å². The van der Waals surface area contributed by atoms with Gasteiger partial charge in [0.05, 0.1) is 35.0 Å². The molecule has 1 heterocycles. The standard InChI is InChI=1S/C21H29ClN4O4/c1-15-24-26(20(28)25(15)11-12-30-2)16-7-8-18(22)17(13-16)19(27)23-14-21(29)9-5-3-4-6-10-21/h7-8,13,29H,3-6,9-12,14H2,1-2H3,(H,23,27). The minimum Gasteiger partial charge on any atom is -0.388 e. The van der Waals surface area contributed by atoms with Gasteiger partial charge in [-0.15, -0.1) is 0 Å². The Balaban J connectivity index is 1.80. The number of aryl methyl sites for hydroxylation is 1. The summed E-state index contributed by atoms with van der Waals surface area (Å²) in [5, 5.41) is 18.2. The molecule has 1 fully saturated rings. The summed E-state index contributed by atoms with van der Waals surface area (Å²) in [6.07, 6.45) is 5.47. The molecule has 1 aromatic heterocycles. The van der Waals surface area contributed by atoms with Crippen LogP contribution in [-0.2, 0) is 11.3 Å². The van der Waals surface area contributed by atoms with Crippen molar-refractivity contribution in [3.05, 3.63) is 45.1 Å². The average molecular weight is 437 g/mol. The first-order valence-corrected chi connectivity index (χ1v) is 10.7. The highest BCUT2D eigenvalue weighted by Gasteiger charge is 2.29. The molecule has 0 spiro atoms. The predicted molar refractivity (Wildman–Crippen MR) is 114 cm³/mol. The van der Waals surface area contributed by atoms with E-state index in [9.17, 15) is 14.7 Å². The number of rotatable bonds is 7. The molecule has 2 N–H and O–H groups in total. The highest BCUT2D eigenvalue weighted by Crippen LogP contribution is 2.27. The molecule has 1 aromatic carbocycles. The van der Waals surface area contributed by atoms with E-state index >= 15 is 0 Å². The van der Waals surface area contributed by atoms with E-state index in [1.165, 1.54) is 9.25 Å². The van der Waals surface area contributed by atoms with Crippen molar-refractivity contribution < 1.29 is 14.6 Å². The van der Waals surface area contributed by atoms with Gasteiger partial charge >= 0.3 is 5.69 Å². The van der Waals surface area contributed by atoms with Gasteiger partial charge < -0.3 is 15.2 Å². The number of carbonyl (C=O) groups excluding carboxylic acids is 1. The molecular weight excluding hydrogens is 408 g/mol. The molecule has 0 saturated heterocycles. The van der Waals surface area contributed by atoms with Gasteiger partial charge in [0.2, 0.25) is 0 Å². The van der Waals surface area contributed by atoms with Crippen LogP contribution in [0.1, 0.15) is 54.7 Å². The molecule has 0 atom stereocenters. The van der Waals surface area contributed by atoms with Crippen LogP contribution in [0.25, 0.3) is 5.69 Å². The summed E-state index contributed by atoms with van der Waals surface area (Å²) in [5.74, 6) is 0.164. The summed E-state index contributed by atoms with van der Waals surface area (Å²) >= 11 is 6.25. The molecule has 164 valence electrons. The van der Waals surface area contributed by atoms with Crippen molar-refractivity contribution in [3.63, 3.8) is 0 Å². The Labute approximate surface area is 180 Å². The summed E-state index contributed by atoms with van der Waals surface area (Å²) in [6, 6.07) is 4.76. The highest BCUT2D eigenvalue weighted by atomic mass is 35.5. The van der Waals surface area contributed by atoms with Crippen molar-refractivity contribution in [2.75, 3.05) is 20.3 Å². The van der Waals surface area contributed by atoms with Crippen LogP contribution >= 0.6 is 11.6 Å². The van der Waals surface area contributed by atoms with Gasteiger partial charge in [0.25, 0.3) is 5.91 Å². The molecule has 0 bridgehead atoms. The molecule has 9 heteroatoms. The number of methoxy groups -OCH3 is 1. The summed E-state index contributed by atoms with van der Waals surface area (Å²) < 4.78 is 7.80. The highest BCUT2D eigenvalue weighted by molar-refractivity contribution is 6.33. The first kappa shape index (κ1) is 22.5. The van der Waals surface area contributed by atoms with Crippen molar-refractivity contribution in [2.45, 2.75) is 57.6 Å². The average Bonchev–Trinajstić information content (AvgIpc) is 2.88. The lowest BCUT2D eigenvalue weighted by Gasteiger charge is -2.26. The van der Waals surface area contributed by atoms with Crippen LogP contribution in [0.3, 0.4) is 0 Å². The van der Waals surface area contributed by atoms with Crippen molar-refractivity contribution in [1.82, 2.24) is 19.7 Å². The zero-order valence-corrected chi connectivity index (χ0v) is 18.2. The number of hydrogen-bond donors (Lipinski definition) is 2. The number of halogens is 1. The topological polar surface area (TPSA) is 98.4 Å². The maximum atomic E-state index is 12.8. The first-order chi connectivity index (χ1) is 14.3. The minimum absolute atomic E-state index is 0.178. The molecule has 1 aliphatic rings. The Morgan fingerprint density at radius 3 is 2.67 bits per heavy atom. The third-order valence-electron chi connectivity index (χ3n) is 5.62. The number of nitrogens with one attached hydrogen (secondary N) is 1. The van der Waals surface area contributed by atoms with E-state index in [-0.39, 0.29) is 28.7 Å². The maximum Gasteiger partial charge on any atom is 0.350 e. The molecule has 2 aromatic rings. The second-order valence-electron chi connectivity index (χ2n) is 7.87. The Bertz CT molecular complexity index is 945. The molecule has 1 aliphatic carbocycles. The summed E-state index contributed by atoms with van der Waals surface area (Å²) in [5.41, 5.74) is -0.514. The molecule has 0 unspecified atom stereocenters. The van der Waals surface area contributed by atoms with Crippen molar-refractivity contribution in [1.29, 1.82) is 0 Å². The largest absolute Gasteiger partial charge is 0.388 e. The van der Waals surface area contributed by atoms with Gasteiger partial charge in [-0.2, -0.15) is 9.78 Å². The normalized spacial score (nSPS) is 16.3. The number of nitrogens with zero attached hydrogens (tertiary/aromatic N) is 3. The van der Waals surface area contributed by atoms with E-state index in [0.29, 0.717) is 37.5 Å². The lowest BCUT2D eigenvalue weighted by atomic mass is 9.94. The van der Waals surface area contributed by atoms with E-state index in [4.69, 9.17) is 16.3 Å². The molecule has 30 heavy (non-hydrogen) atoms. The number of amides is 1. The molecular formula is C21H29ClN4O4. The van der Waals surface area contributed by atoms with Crippen molar-refractivity contribution >= 4 is 17.5 Å². The van der Waals surface area contributed by atoms with E-state index < -0.39 is 5.60 Å². The minimum atomic E-state index is -0.885. The Kier molecular flexibility index (Phi) is 7.33. The summed E-state index contributed by atoms with van der Waals surface area (Å²) in [4.78, 5) is 25.5. The second kappa shape index (κ2) is 9.76. The molecule has 8 nitrogen and oxygen atoms in total. The SMILES string of the molecule is COCCn1c(C)nn(-c2ccc(Cl)c(C(=O)NCC3(O)CCCCCC3)c2)c1=O. The third kappa shape index (κ3) is 5.11. The predicted octanol–water partition coefficient (Wildman–Crippen LogP) is 2.46. The van der Waals surface area contributed by atoms with E-state index in [2.05, 4.69) is 10.4 Å². The molecule has 0 radical (unpaired) electrons. The number of carbonyl (C=O) groups is 1. The third-order valence-corrected chi connectivity index (χ3v) is 5.95.